The van der Waals surface area contributed by atoms with Gasteiger partial charge in [0.1, 0.15) is 12.2 Å². The van der Waals surface area contributed by atoms with E-state index in [2.05, 4.69) is 12.6 Å². The zero-order valence-corrected chi connectivity index (χ0v) is 10.9. The van der Waals surface area contributed by atoms with Crippen LogP contribution in [0.15, 0.2) is 12.2 Å². The number of fused-ring (bicyclic) bond motifs is 1. The Morgan fingerprint density at radius 2 is 2.32 bits per heavy atom. The highest BCUT2D eigenvalue weighted by Gasteiger charge is 2.75. The molecule has 0 radical (unpaired) electrons. The Kier molecular flexibility index (Phi) is 2.31. The number of ether oxygens (including phenoxy) is 2. The number of hydrogen-bond acceptors (Lipinski definition) is 5. The maximum Gasteiger partial charge on any atom is 0.333 e. The van der Waals surface area contributed by atoms with Gasteiger partial charge in [-0.05, 0) is 19.3 Å². The van der Waals surface area contributed by atoms with E-state index in [1.165, 1.54) is 0 Å². The lowest BCUT2D eigenvalue weighted by molar-refractivity contribution is -0.158. The number of carbonyl (C=O) groups is 2. The molecule has 19 heavy (non-hydrogen) atoms. The van der Waals surface area contributed by atoms with E-state index in [0.29, 0.717) is 12.0 Å². The highest BCUT2D eigenvalue weighted by atomic mass is 16.6. The summed E-state index contributed by atoms with van der Waals surface area (Å²) in [6.45, 7) is 7.13. The molecule has 5 heteroatoms. The van der Waals surface area contributed by atoms with Crippen molar-refractivity contribution in [3.63, 3.8) is 0 Å². The molecule has 0 amide bonds. The van der Waals surface area contributed by atoms with Crippen molar-refractivity contribution < 1.29 is 19.1 Å². The zero-order valence-electron chi connectivity index (χ0n) is 10.9. The van der Waals surface area contributed by atoms with E-state index in [0.717, 1.165) is 0 Å². The van der Waals surface area contributed by atoms with Crippen LogP contribution in [0.2, 0.25) is 0 Å². The summed E-state index contributed by atoms with van der Waals surface area (Å²) in [4.78, 5) is 23.6. The molecule has 1 aliphatic heterocycles. The maximum absolute atomic E-state index is 12.0. The number of carbonyl (C=O) groups excluding carboxylic acids is 2. The third-order valence-corrected chi connectivity index (χ3v) is 4.87. The van der Waals surface area contributed by atoms with Gasteiger partial charge in [0.05, 0.1) is 6.07 Å². The lowest BCUT2D eigenvalue weighted by Gasteiger charge is -2.27. The maximum atomic E-state index is 12.0. The molecule has 3 fully saturated rings. The molecule has 3 rings (SSSR count). The second-order valence-corrected chi connectivity index (χ2v) is 5.86. The summed E-state index contributed by atoms with van der Waals surface area (Å²) in [6, 6.07) is 2.14. The zero-order chi connectivity index (χ0) is 13.9. The van der Waals surface area contributed by atoms with Crippen molar-refractivity contribution in [3.05, 3.63) is 12.2 Å². The first-order chi connectivity index (χ1) is 8.92. The molecule has 100 valence electrons. The Morgan fingerprint density at radius 3 is 2.89 bits per heavy atom. The van der Waals surface area contributed by atoms with E-state index in [9.17, 15) is 14.9 Å². The van der Waals surface area contributed by atoms with Crippen LogP contribution >= 0.6 is 0 Å². The molecule has 6 atom stereocenters. The lowest BCUT2D eigenvalue weighted by Crippen LogP contribution is -2.39. The summed E-state index contributed by atoms with van der Waals surface area (Å²) in [5.74, 6) is -0.898. The van der Waals surface area contributed by atoms with Gasteiger partial charge in [0.15, 0.2) is 5.41 Å². The van der Waals surface area contributed by atoms with Crippen LogP contribution in [0.5, 0.6) is 0 Å². The largest absolute Gasteiger partial charge is 0.457 e. The molecule has 2 saturated carbocycles. The van der Waals surface area contributed by atoms with Gasteiger partial charge >= 0.3 is 11.9 Å². The van der Waals surface area contributed by atoms with Gasteiger partial charge in [0.25, 0.3) is 0 Å². The minimum absolute atomic E-state index is 0.0180. The van der Waals surface area contributed by atoms with Crippen LogP contribution in [0.4, 0.5) is 0 Å². The molecule has 3 aliphatic rings. The topological polar surface area (TPSA) is 76.4 Å². The highest BCUT2D eigenvalue weighted by Crippen LogP contribution is 2.64. The van der Waals surface area contributed by atoms with Gasteiger partial charge in [0.2, 0.25) is 0 Å². The normalized spacial score (nSPS) is 45.7. The highest BCUT2D eigenvalue weighted by molar-refractivity contribution is 5.88. The van der Waals surface area contributed by atoms with Crippen molar-refractivity contribution >= 4 is 11.9 Å². The van der Waals surface area contributed by atoms with Gasteiger partial charge in [-0.1, -0.05) is 13.5 Å². The van der Waals surface area contributed by atoms with Crippen molar-refractivity contribution in [1.29, 1.82) is 5.26 Å². The molecule has 0 aromatic heterocycles. The SMILES string of the molecule is C=C(C)C(=O)OC1C2OC(=O)C3(C#N)CC1[C@@H](C)C23. The average Bonchev–Trinajstić information content (AvgIpc) is 2.87. The molecule has 2 bridgehead atoms. The van der Waals surface area contributed by atoms with Crippen LogP contribution in [0.25, 0.3) is 0 Å². The Hall–Kier alpha value is -1.83. The molecule has 0 spiro atoms. The van der Waals surface area contributed by atoms with Crippen molar-refractivity contribution in [2.45, 2.75) is 32.5 Å². The summed E-state index contributed by atoms with van der Waals surface area (Å²) in [7, 11) is 0. The Labute approximate surface area is 111 Å². The van der Waals surface area contributed by atoms with Crippen molar-refractivity contribution in [2.24, 2.45) is 23.2 Å². The Morgan fingerprint density at radius 1 is 1.63 bits per heavy atom. The fourth-order valence-electron chi connectivity index (χ4n) is 3.98. The van der Waals surface area contributed by atoms with Crippen LogP contribution in [-0.2, 0) is 19.1 Å². The van der Waals surface area contributed by atoms with Crippen LogP contribution < -0.4 is 0 Å². The molecular weight excluding hydrogens is 246 g/mol. The molecule has 2 aliphatic carbocycles. The first kappa shape index (κ1) is 12.2. The minimum Gasteiger partial charge on any atom is -0.457 e. The van der Waals surface area contributed by atoms with Crippen LogP contribution in [0, 0.1) is 34.5 Å². The van der Waals surface area contributed by atoms with E-state index >= 15 is 0 Å². The van der Waals surface area contributed by atoms with Crippen molar-refractivity contribution in [3.8, 4) is 6.07 Å². The number of nitriles is 1. The standard InChI is InChI=1S/C14H15NO4/c1-6(2)12(16)18-10-8-4-14(5-15)9(7(8)3)11(10)19-13(14)17/h7-11H,1,4H2,2-3H3/t7-,8?,9?,10?,11?,14?/m1/s1. The quantitative estimate of drug-likeness (QED) is 0.551. The molecule has 0 aromatic rings. The summed E-state index contributed by atoms with van der Waals surface area (Å²) < 4.78 is 10.7. The van der Waals surface area contributed by atoms with E-state index in [1.807, 2.05) is 6.92 Å². The molecule has 5 unspecified atom stereocenters. The fourth-order valence-corrected chi connectivity index (χ4v) is 3.98. The molecular formula is C14H15NO4. The van der Waals surface area contributed by atoms with E-state index in [4.69, 9.17) is 9.47 Å². The number of rotatable bonds is 2. The summed E-state index contributed by atoms with van der Waals surface area (Å²) in [5, 5.41) is 9.34. The third-order valence-electron chi connectivity index (χ3n) is 4.87. The van der Waals surface area contributed by atoms with Gasteiger partial charge in [0, 0.05) is 17.4 Å². The van der Waals surface area contributed by atoms with Crippen LogP contribution in [-0.4, -0.2) is 24.1 Å². The van der Waals surface area contributed by atoms with Crippen LogP contribution in [0.1, 0.15) is 20.3 Å². The predicted molar refractivity (Wildman–Crippen MR) is 63.4 cm³/mol. The molecule has 0 aromatic carbocycles. The number of esters is 2. The molecule has 1 heterocycles. The van der Waals surface area contributed by atoms with E-state index in [-0.39, 0.29) is 17.8 Å². The predicted octanol–water partition coefficient (Wildman–Crippen LogP) is 1.20. The first-order valence-corrected chi connectivity index (χ1v) is 6.41. The van der Waals surface area contributed by atoms with E-state index < -0.39 is 29.6 Å². The first-order valence-electron chi connectivity index (χ1n) is 6.41. The summed E-state index contributed by atoms with van der Waals surface area (Å²) >= 11 is 0. The van der Waals surface area contributed by atoms with Crippen LogP contribution in [0.3, 0.4) is 0 Å². The van der Waals surface area contributed by atoms with Gasteiger partial charge in [-0.15, -0.1) is 0 Å². The summed E-state index contributed by atoms with van der Waals surface area (Å²) in [6.07, 6.45) is -0.472. The average molecular weight is 261 g/mol. The third kappa shape index (κ3) is 1.29. The Balaban J connectivity index is 1.91. The molecule has 1 saturated heterocycles. The lowest BCUT2D eigenvalue weighted by atomic mass is 9.74. The Bertz CT molecular complexity index is 534. The summed E-state index contributed by atoms with van der Waals surface area (Å²) in [5.41, 5.74) is -0.688. The fraction of sp³-hybridized carbons (Fsp3) is 0.643. The number of nitrogens with zero attached hydrogens (tertiary/aromatic N) is 1. The van der Waals surface area contributed by atoms with E-state index in [1.54, 1.807) is 6.92 Å². The van der Waals surface area contributed by atoms with Crippen molar-refractivity contribution in [2.75, 3.05) is 0 Å². The smallest absolute Gasteiger partial charge is 0.333 e. The molecule has 5 nitrogen and oxygen atoms in total. The van der Waals surface area contributed by atoms with Crippen molar-refractivity contribution in [1.82, 2.24) is 0 Å². The number of hydrogen-bond donors (Lipinski definition) is 0. The second-order valence-electron chi connectivity index (χ2n) is 5.86. The monoisotopic (exact) mass is 261 g/mol. The van der Waals surface area contributed by atoms with Gasteiger partial charge < -0.3 is 9.47 Å². The second kappa shape index (κ2) is 3.60. The van der Waals surface area contributed by atoms with Gasteiger partial charge in [-0.2, -0.15) is 5.26 Å². The molecule has 0 N–H and O–H groups in total. The minimum atomic E-state index is -1.01. The van der Waals surface area contributed by atoms with Gasteiger partial charge in [-0.3, -0.25) is 4.79 Å². The van der Waals surface area contributed by atoms with Gasteiger partial charge in [-0.25, -0.2) is 4.79 Å².